The number of hydrogen-bond donors (Lipinski definition) is 1. The van der Waals surface area contributed by atoms with Gasteiger partial charge in [0.1, 0.15) is 17.3 Å². The van der Waals surface area contributed by atoms with Crippen LogP contribution in [-0.2, 0) is 15.0 Å². The minimum Gasteiger partial charge on any atom is -0.507 e. The molecule has 3 aromatic rings. The minimum absolute atomic E-state index is 0.0414. The summed E-state index contributed by atoms with van der Waals surface area (Å²) in [5, 5.41) is 11.6. The SMILES string of the molecule is CCOc1ccc(/C(O)=C2/C(=O)C(=O)N(c3ccc(C)cc3)C2c2ccc(OC)cc2)cc1C(C)(C)C. The fourth-order valence-corrected chi connectivity index (χ4v) is 4.61. The van der Waals surface area contributed by atoms with E-state index in [0.717, 1.165) is 16.9 Å². The molecule has 3 aromatic carbocycles. The number of carbonyl (C=O) groups excluding carboxylic acids is 2. The largest absolute Gasteiger partial charge is 0.507 e. The summed E-state index contributed by atoms with van der Waals surface area (Å²) >= 11 is 0. The lowest BCUT2D eigenvalue weighted by atomic mass is 9.84. The maximum atomic E-state index is 13.5. The van der Waals surface area contributed by atoms with Gasteiger partial charge in [-0.25, -0.2) is 0 Å². The zero-order chi connectivity index (χ0) is 26.9. The van der Waals surface area contributed by atoms with Gasteiger partial charge >= 0.3 is 0 Å². The fourth-order valence-electron chi connectivity index (χ4n) is 4.61. The molecule has 6 heteroatoms. The molecule has 0 spiro atoms. The van der Waals surface area contributed by atoms with Crippen LogP contribution in [0.5, 0.6) is 11.5 Å². The van der Waals surface area contributed by atoms with Gasteiger partial charge in [-0.2, -0.15) is 0 Å². The Kier molecular flexibility index (Phi) is 7.12. The standard InChI is InChI=1S/C31H33NO5/c1-7-37-25-17-12-21(18-24(25)31(3,4)5)28(33)26-27(20-10-15-23(36-6)16-11-20)32(30(35)29(26)34)22-13-8-19(2)9-14-22/h8-18,27,33H,7H2,1-6H3/b28-26-. The number of methoxy groups -OCH3 is 1. The van der Waals surface area contributed by atoms with Gasteiger partial charge in [-0.1, -0.05) is 50.6 Å². The molecule has 1 fully saturated rings. The van der Waals surface area contributed by atoms with E-state index in [-0.39, 0.29) is 16.7 Å². The van der Waals surface area contributed by atoms with Crippen molar-refractivity contribution >= 4 is 23.1 Å². The van der Waals surface area contributed by atoms with Gasteiger partial charge in [0.15, 0.2) is 0 Å². The van der Waals surface area contributed by atoms with Gasteiger partial charge < -0.3 is 14.6 Å². The molecule has 1 amide bonds. The molecular weight excluding hydrogens is 466 g/mol. The highest BCUT2D eigenvalue weighted by molar-refractivity contribution is 6.51. The summed E-state index contributed by atoms with van der Waals surface area (Å²) in [5.74, 6) is -0.267. The van der Waals surface area contributed by atoms with Crippen LogP contribution in [0.25, 0.3) is 5.76 Å². The fraction of sp³-hybridized carbons (Fsp3) is 0.290. The van der Waals surface area contributed by atoms with Crippen LogP contribution in [0.15, 0.2) is 72.3 Å². The average Bonchev–Trinajstić information content (AvgIpc) is 3.14. The van der Waals surface area contributed by atoms with Crippen molar-refractivity contribution in [1.82, 2.24) is 0 Å². The number of ketones is 1. The third-order valence-electron chi connectivity index (χ3n) is 6.55. The van der Waals surface area contributed by atoms with Gasteiger partial charge in [0.2, 0.25) is 0 Å². The number of carbonyl (C=O) groups is 2. The first kappa shape index (κ1) is 26.0. The van der Waals surface area contributed by atoms with E-state index in [9.17, 15) is 14.7 Å². The van der Waals surface area contributed by atoms with Crippen LogP contribution in [0.4, 0.5) is 5.69 Å². The van der Waals surface area contributed by atoms with Crippen molar-refractivity contribution in [3.8, 4) is 11.5 Å². The normalized spacial score (nSPS) is 17.2. The quantitative estimate of drug-likeness (QED) is 0.244. The van der Waals surface area contributed by atoms with E-state index in [1.807, 2.05) is 56.3 Å². The molecule has 6 nitrogen and oxygen atoms in total. The molecule has 1 N–H and O–H groups in total. The Morgan fingerprint density at radius 2 is 1.62 bits per heavy atom. The Balaban J connectivity index is 1.93. The molecule has 192 valence electrons. The molecule has 0 radical (unpaired) electrons. The maximum absolute atomic E-state index is 13.5. The molecule has 0 aromatic heterocycles. The lowest BCUT2D eigenvalue weighted by Gasteiger charge is -2.26. The second kappa shape index (κ2) is 10.1. The Bertz CT molecular complexity index is 1350. The number of Topliss-reactive ketones (excluding diaryl/α,β-unsaturated/α-hetero) is 1. The van der Waals surface area contributed by atoms with E-state index < -0.39 is 17.7 Å². The van der Waals surface area contributed by atoms with Crippen LogP contribution in [0.3, 0.4) is 0 Å². The first-order valence-corrected chi connectivity index (χ1v) is 12.4. The number of aliphatic hydroxyl groups is 1. The van der Waals surface area contributed by atoms with E-state index in [1.165, 1.54) is 4.90 Å². The van der Waals surface area contributed by atoms with Crippen molar-refractivity contribution in [3.63, 3.8) is 0 Å². The van der Waals surface area contributed by atoms with Crippen LogP contribution >= 0.6 is 0 Å². The summed E-state index contributed by atoms with van der Waals surface area (Å²) in [5.41, 5.74) is 3.41. The molecule has 0 aliphatic carbocycles. The van der Waals surface area contributed by atoms with E-state index in [2.05, 4.69) is 20.8 Å². The molecule has 0 saturated carbocycles. The lowest BCUT2D eigenvalue weighted by molar-refractivity contribution is -0.132. The van der Waals surface area contributed by atoms with E-state index in [1.54, 1.807) is 31.4 Å². The van der Waals surface area contributed by atoms with E-state index in [0.29, 0.717) is 29.2 Å². The summed E-state index contributed by atoms with van der Waals surface area (Å²) in [6.07, 6.45) is 0. The average molecular weight is 500 g/mol. The number of aliphatic hydroxyl groups excluding tert-OH is 1. The molecular formula is C31H33NO5. The monoisotopic (exact) mass is 499 g/mol. The Hall–Kier alpha value is -4.06. The molecule has 1 aliphatic heterocycles. The molecule has 1 aliphatic rings. The topological polar surface area (TPSA) is 76.1 Å². The van der Waals surface area contributed by atoms with Crippen molar-refractivity contribution in [1.29, 1.82) is 0 Å². The third-order valence-corrected chi connectivity index (χ3v) is 6.55. The van der Waals surface area contributed by atoms with Crippen molar-refractivity contribution < 1.29 is 24.2 Å². The highest BCUT2D eigenvalue weighted by Gasteiger charge is 2.47. The number of nitrogens with zero attached hydrogens (tertiary/aromatic N) is 1. The third kappa shape index (κ3) is 4.96. The molecule has 0 bridgehead atoms. The molecule has 4 rings (SSSR count). The van der Waals surface area contributed by atoms with Gasteiger partial charge in [-0.05, 0) is 67.3 Å². The predicted molar refractivity (Wildman–Crippen MR) is 145 cm³/mol. The number of hydrogen-bond acceptors (Lipinski definition) is 5. The summed E-state index contributed by atoms with van der Waals surface area (Å²) in [7, 11) is 1.58. The number of amides is 1. The Labute approximate surface area is 218 Å². The molecule has 1 saturated heterocycles. The highest BCUT2D eigenvalue weighted by Crippen LogP contribution is 2.43. The van der Waals surface area contributed by atoms with Crippen LogP contribution in [-0.4, -0.2) is 30.5 Å². The van der Waals surface area contributed by atoms with Gasteiger partial charge in [0.05, 0.1) is 25.3 Å². The van der Waals surface area contributed by atoms with Gasteiger partial charge in [0, 0.05) is 16.8 Å². The Morgan fingerprint density at radius 3 is 2.19 bits per heavy atom. The van der Waals surface area contributed by atoms with Gasteiger partial charge in [-0.15, -0.1) is 0 Å². The zero-order valence-corrected chi connectivity index (χ0v) is 22.2. The second-order valence-electron chi connectivity index (χ2n) is 10.2. The van der Waals surface area contributed by atoms with E-state index >= 15 is 0 Å². The molecule has 37 heavy (non-hydrogen) atoms. The molecule has 1 heterocycles. The van der Waals surface area contributed by atoms with Crippen molar-refractivity contribution in [2.45, 2.75) is 46.1 Å². The summed E-state index contributed by atoms with van der Waals surface area (Å²) in [6.45, 7) is 10.6. The smallest absolute Gasteiger partial charge is 0.300 e. The van der Waals surface area contributed by atoms with Gasteiger partial charge in [-0.3, -0.25) is 14.5 Å². The maximum Gasteiger partial charge on any atom is 0.300 e. The summed E-state index contributed by atoms with van der Waals surface area (Å²) in [4.78, 5) is 28.3. The summed E-state index contributed by atoms with van der Waals surface area (Å²) in [6, 6.07) is 19.1. The summed E-state index contributed by atoms with van der Waals surface area (Å²) < 4.78 is 11.1. The highest BCUT2D eigenvalue weighted by atomic mass is 16.5. The van der Waals surface area contributed by atoms with Crippen molar-refractivity contribution in [2.24, 2.45) is 0 Å². The van der Waals surface area contributed by atoms with Crippen molar-refractivity contribution in [2.75, 3.05) is 18.6 Å². The number of benzene rings is 3. The Morgan fingerprint density at radius 1 is 0.973 bits per heavy atom. The lowest BCUT2D eigenvalue weighted by Crippen LogP contribution is -2.29. The van der Waals surface area contributed by atoms with Crippen LogP contribution in [0, 0.1) is 6.92 Å². The first-order valence-electron chi connectivity index (χ1n) is 12.4. The number of rotatable bonds is 6. The molecule has 1 atom stereocenters. The zero-order valence-electron chi connectivity index (χ0n) is 22.2. The van der Waals surface area contributed by atoms with Gasteiger partial charge in [0.25, 0.3) is 11.7 Å². The van der Waals surface area contributed by atoms with Crippen LogP contribution in [0.2, 0.25) is 0 Å². The number of aryl methyl sites for hydroxylation is 1. The van der Waals surface area contributed by atoms with E-state index in [4.69, 9.17) is 9.47 Å². The minimum atomic E-state index is -0.807. The van der Waals surface area contributed by atoms with Crippen LogP contribution in [0.1, 0.15) is 56.0 Å². The van der Waals surface area contributed by atoms with Crippen LogP contribution < -0.4 is 14.4 Å². The number of ether oxygens (including phenoxy) is 2. The first-order chi connectivity index (χ1) is 17.6. The number of anilines is 1. The predicted octanol–water partition coefficient (Wildman–Crippen LogP) is 6.33. The second-order valence-corrected chi connectivity index (χ2v) is 10.2. The molecule has 1 unspecified atom stereocenters. The van der Waals surface area contributed by atoms with Crippen molar-refractivity contribution in [3.05, 3.63) is 94.6 Å².